The maximum absolute atomic E-state index is 13.7. The molecule has 1 aromatic carbocycles. The first-order valence-corrected chi connectivity index (χ1v) is 9.91. The van der Waals surface area contributed by atoms with E-state index in [4.69, 9.17) is 5.11 Å². The average molecular weight is 419 g/mol. The van der Waals surface area contributed by atoms with Crippen LogP contribution in [0.25, 0.3) is 32.6 Å². The number of benzene rings is 1. The summed E-state index contributed by atoms with van der Waals surface area (Å²) in [6.07, 6.45) is 2.88. The number of hydrogen-bond acceptors (Lipinski definition) is 6. The van der Waals surface area contributed by atoms with Gasteiger partial charge in [0.25, 0.3) is 0 Å². The van der Waals surface area contributed by atoms with E-state index < -0.39 is 11.8 Å². The molecule has 0 radical (unpaired) electrons. The molecule has 5 aromatic rings. The SMILES string of the molecule is O=C(O)c1ccc(CNc2nc(-c3c[nH]c4ncc(F)cc34)nc3sccc23)cc1. The van der Waals surface area contributed by atoms with Gasteiger partial charge in [-0.2, -0.15) is 0 Å². The summed E-state index contributed by atoms with van der Waals surface area (Å²) in [5.41, 5.74) is 2.39. The van der Waals surface area contributed by atoms with Crippen molar-refractivity contribution in [2.45, 2.75) is 6.54 Å². The molecule has 3 N–H and O–H groups in total. The number of anilines is 1. The van der Waals surface area contributed by atoms with Gasteiger partial charge >= 0.3 is 5.97 Å². The second kappa shape index (κ2) is 7.20. The maximum Gasteiger partial charge on any atom is 0.335 e. The van der Waals surface area contributed by atoms with E-state index in [1.54, 1.807) is 30.5 Å². The molecule has 5 rings (SSSR count). The molecule has 4 aromatic heterocycles. The van der Waals surface area contributed by atoms with Crippen LogP contribution in [0.2, 0.25) is 0 Å². The van der Waals surface area contributed by atoms with Crippen LogP contribution in [0.3, 0.4) is 0 Å². The number of nitrogens with one attached hydrogen (secondary N) is 2. The van der Waals surface area contributed by atoms with Crippen LogP contribution < -0.4 is 5.32 Å². The topological polar surface area (TPSA) is 104 Å². The molecule has 7 nitrogen and oxygen atoms in total. The zero-order chi connectivity index (χ0) is 20.7. The molecular formula is C21H14FN5O2S. The lowest BCUT2D eigenvalue weighted by Crippen LogP contribution is -2.04. The molecule has 0 aliphatic rings. The molecule has 0 unspecified atom stereocenters. The molecule has 0 saturated heterocycles. The van der Waals surface area contributed by atoms with Crippen molar-refractivity contribution in [3.05, 3.63) is 71.1 Å². The standard InChI is InChI=1S/C21H14FN5O2S/c22-13-7-15-16(10-25-17(15)24-9-13)19-26-18(14-5-6-30-20(14)27-19)23-8-11-1-3-12(4-2-11)21(28)29/h1-7,9-10H,8H2,(H,24,25)(H,28,29)(H,23,26,27). The molecule has 0 saturated carbocycles. The van der Waals surface area contributed by atoms with Gasteiger partial charge in [-0.3, -0.25) is 0 Å². The van der Waals surface area contributed by atoms with Gasteiger partial charge in [-0.1, -0.05) is 12.1 Å². The predicted molar refractivity (Wildman–Crippen MR) is 113 cm³/mol. The minimum absolute atomic E-state index is 0.239. The number of thiophene rings is 1. The summed E-state index contributed by atoms with van der Waals surface area (Å²) in [5, 5.41) is 15.8. The highest BCUT2D eigenvalue weighted by atomic mass is 32.1. The smallest absolute Gasteiger partial charge is 0.335 e. The number of H-pyrrole nitrogens is 1. The number of pyridine rings is 1. The van der Waals surface area contributed by atoms with Crippen LogP contribution in [0.15, 0.2) is 54.2 Å². The third-order valence-corrected chi connectivity index (χ3v) is 5.53. The summed E-state index contributed by atoms with van der Waals surface area (Å²) in [6, 6.07) is 10.0. The van der Waals surface area contributed by atoms with Gasteiger partial charge < -0.3 is 15.4 Å². The lowest BCUT2D eigenvalue weighted by Gasteiger charge is -2.09. The third kappa shape index (κ3) is 3.25. The Morgan fingerprint density at radius 3 is 2.80 bits per heavy atom. The van der Waals surface area contributed by atoms with Crippen molar-refractivity contribution < 1.29 is 14.3 Å². The molecule has 30 heavy (non-hydrogen) atoms. The van der Waals surface area contributed by atoms with Crippen molar-refractivity contribution >= 4 is 44.4 Å². The number of aromatic amines is 1. The van der Waals surface area contributed by atoms with E-state index >= 15 is 0 Å². The highest BCUT2D eigenvalue weighted by Gasteiger charge is 2.15. The van der Waals surface area contributed by atoms with Crippen LogP contribution in [-0.4, -0.2) is 31.0 Å². The predicted octanol–water partition coefficient (Wildman–Crippen LogP) is 4.68. The zero-order valence-electron chi connectivity index (χ0n) is 15.4. The number of aromatic nitrogens is 4. The van der Waals surface area contributed by atoms with Gasteiger partial charge in [0.1, 0.15) is 22.1 Å². The minimum atomic E-state index is -0.959. The average Bonchev–Trinajstić information content (AvgIpc) is 3.38. The van der Waals surface area contributed by atoms with Gasteiger partial charge in [-0.25, -0.2) is 24.1 Å². The lowest BCUT2D eigenvalue weighted by atomic mass is 10.1. The number of carboxylic acid groups (broad SMARTS) is 1. The van der Waals surface area contributed by atoms with E-state index in [1.807, 2.05) is 11.4 Å². The molecule has 0 aliphatic carbocycles. The van der Waals surface area contributed by atoms with E-state index in [0.29, 0.717) is 34.8 Å². The van der Waals surface area contributed by atoms with Crippen molar-refractivity contribution in [3.8, 4) is 11.4 Å². The summed E-state index contributed by atoms with van der Waals surface area (Å²) in [7, 11) is 0. The van der Waals surface area contributed by atoms with E-state index in [2.05, 4.69) is 25.3 Å². The Kier molecular flexibility index (Phi) is 4.36. The number of rotatable bonds is 5. The number of carboxylic acids is 1. The second-order valence-corrected chi connectivity index (χ2v) is 7.54. The number of nitrogens with zero attached hydrogens (tertiary/aromatic N) is 3. The highest BCUT2D eigenvalue weighted by Crippen LogP contribution is 2.31. The van der Waals surface area contributed by atoms with Gasteiger partial charge in [0, 0.05) is 23.7 Å². The Morgan fingerprint density at radius 2 is 2.00 bits per heavy atom. The Morgan fingerprint density at radius 1 is 1.17 bits per heavy atom. The number of carbonyl (C=O) groups is 1. The van der Waals surface area contributed by atoms with Gasteiger partial charge in [-0.05, 0) is 35.2 Å². The van der Waals surface area contributed by atoms with Crippen molar-refractivity contribution in [3.63, 3.8) is 0 Å². The van der Waals surface area contributed by atoms with Gasteiger partial charge in [0.15, 0.2) is 5.82 Å². The molecule has 0 atom stereocenters. The monoisotopic (exact) mass is 419 g/mol. The van der Waals surface area contributed by atoms with E-state index in [0.717, 1.165) is 22.0 Å². The lowest BCUT2D eigenvalue weighted by molar-refractivity contribution is 0.0697. The number of halogens is 1. The van der Waals surface area contributed by atoms with Crippen molar-refractivity contribution in [1.29, 1.82) is 0 Å². The number of aromatic carboxylic acids is 1. The number of fused-ring (bicyclic) bond motifs is 2. The molecular weight excluding hydrogens is 405 g/mol. The van der Waals surface area contributed by atoms with Crippen LogP contribution in [-0.2, 0) is 6.54 Å². The maximum atomic E-state index is 13.7. The van der Waals surface area contributed by atoms with Crippen LogP contribution in [0.4, 0.5) is 10.2 Å². The summed E-state index contributed by atoms with van der Waals surface area (Å²) in [5.74, 6) is -0.270. The first-order chi connectivity index (χ1) is 14.6. The Hall–Kier alpha value is -3.85. The van der Waals surface area contributed by atoms with Gasteiger partial charge in [0.05, 0.1) is 17.1 Å². The fourth-order valence-electron chi connectivity index (χ4n) is 3.22. The fourth-order valence-corrected chi connectivity index (χ4v) is 3.99. The molecule has 0 bridgehead atoms. The Balaban J connectivity index is 1.51. The first kappa shape index (κ1) is 18.2. The first-order valence-electron chi connectivity index (χ1n) is 9.03. The normalized spacial score (nSPS) is 11.2. The molecule has 4 heterocycles. The molecule has 0 amide bonds. The summed E-state index contributed by atoms with van der Waals surface area (Å²) < 4.78 is 13.7. The molecule has 9 heteroatoms. The van der Waals surface area contributed by atoms with Gasteiger partial charge in [0.2, 0.25) is 0 Å². The molecule has 0 fully saturated rings. The highest BCUT2D eigenvalue weighted by molar-refractivity contribution is 7.16. The zero-order valence-corrected chi connectivity index (χ0v) is 16.2. The second-order valence-electron chi connectivity index (χ2n) is 6.64. The van der Waals surface area contributed by atoms with E-state index in [1.165, 1.54) is 17.4 Å². The summed E-state index contributed by atoms with van der Waals surface area (Å²) in [4.78, 5) is 28.2. The van der Waals surface area contributed by atoms with Crippen molar-refractivity contribution in [2.24, 2.45) is 0 Å². The Labute approximate surface area is 173 Å². The molecule has 0 aliphatic heterocycles. The van der Waals surface area contributed by atoms with Crippen LogP contribution >= 0.6 is 11.3 Å². The summed E-state index contributed by atoms with van der Waals surface area (Å²) >= 11 is 1.49. The third-order valence-electron chi connectivity index (χ3n) is 4.72. The fraction of sp³-hybridized carbons (Fsp3) is 0.0476. The van der Waals surface area contributed by atoms with Crippen LogP contribution in [0.5, 0.6) is 0 Å². The van der Waals surface area contributed by atoms with Crippen molar-refractivity contribution in [1.82, 2.24) is 19.9 Å². The van der Waals surface area contributed by atoms with Crippen molar-refractivity contribution in [2.75, 3.05) is 5.32 Å². The minimum Gasteiger partial charge on any atom is -0.478 e. The van der Waals surface area contributed by atoms with Gasteiger partial charge in [-0.15, -0.1) is 11.3 Å². The number of hydrogen-bond donors (Lipinski definition) is 3. The van der Waals surface area contributed by atoms with E-state index in [9.17, 15) is 9.18 Å². The molecule has 148 valence electrons. The largest absolute Gasteiger partial charge is 0.478 e. The Bertz CT molecular complexity index is 1390. The van der Waals surface area contributed by atoms with Crippen LogP contribution in [0, 0.1) is 5.82 Å². The summed E-state index contributed by atoms with van der Waals surface area (Å²) in [6.45, 7) is 0.464. The quantitative estimate of drug-likeness (QED) is 0.382. The van der Waals surface area contributed by atoms with E-state index in [-0.39, 0.29) is 5.56 Å². The van der Waals surface area contributed by atoms with Crippen LogP contribution in [0.1, 0.15) is 15.9 Å². The molecule has 0 spiro atoms.